The predicted octanol–water partition coefficient (Wildman–Crippen LogP) is 3.46. The van der Waals surface area contributed by atoms with Crippen LogP contribution >= 0.6 is 11.6 Å². The minimum atomic E-state index is -0.462. The van der Waals surface area contributed by atoms with E-state index >= 15 is 0 Å². The van der Waals surface area contributed by atoms with Crippen molar-refractivity contribution in [2.24, 2.45) is 0 Å². The number of rotatable bonds is 7. The lowest BCUT2D eigenvalue weighted by Crippen LogP contribution is -2.27. The standard InChI is InChI=1S/C18H20ClNO5/c1-12-16(18(22)23-3)10-15(25-12)11-20(2)17(21)7-8-24-14-6-4-5-13(19)9-14/h4-6,9-10H,7-8,11H2,1-3H3. The van der Waals surface area contributed by atoms with E-state index in [0.29, 0.717) is 27.9 Å². The number of ether oxygens (including phenoxy) is 2. The van der Waals surface area contributed by atoms with Crippen molar-refractivity contribution >= 4 is 23.5 Å². The van der Waals surface area contributed by atoms with E-state index in [0.717, 1.165) is 0 Å². The minimum absolute atomic E-state index is 0.101. The maximum atomic E-state index is 12.2. The molecule has 0 atom stereocenters. The Balaban J connectivity index is 1.85. The van der Waals surface area contributed by atoms with Crippen LogP contribution in [0.1, 0.15) is 28.3 Å². The Morgan fingerprint density at radius 3 is 2.72 bits per heavy atom. The van der Waals surface area contributed by atoms with Gasteiger partial charge in [-0.05, 0) is 31.2 Å². The molecule has 25 heavy (non-hydrogen) atoms. The number of benzene rings is 1. The molecule has 2 rings (SSSR count). The van der Waals surface area contributed by atoms with Gasteiger partial charge in [-0.25, -0.2) is 4.79 Å². The van der Waals surface area contributed by atoms with Crippen molar-refractivity contribution in [3.63, 3.8) is 0 Å². The van der Waals surface area contributed by atoms with Gasteiger partial charge in [-0.3, -0.25) is 4.79 Å². The Bertz CT molecular complexity index is 756. The summed E-state index contributed by atoms with van der Waals surface area (Å²) < 4.78 is 15.7. The Morgan fingerprint density at radius 1 is 1.28 bits per heavy atom. The fourth-order valence-corrected chi connectivity index (χ4v) is 2.44. The topological polar surface area (TPSA) is 69.0 Å². The lowest BCUT2D eigenvalue weighted by molar-refractivity contribution is -0.131. The highest BCUT2D eigenvalue weighted by atomic mass is 35.5. The third kappa shape index (κ3) is 5.26. The molecule has 0 unspecified atom stereocenters. The molecule has 0 aliphatic carbocycles. The summed E-state index contributed by atoms with van der Waals surface area (Å²) in [6.07, 6.45) is 0.215. The zero-order valence-corrected chi connectivity index (χ0v) is 15.1. The zero-order valence-electron chi connectivity index (χ0n) is 14.4. The van der Waals surface area contributed by atoms with Gasteiger partial charge >= 0.3 is 5.97 Å². The zero-order chi connectivity index (χ0) is 18.4. The number of amides is 1. The molecule has 0 N–H and O–H groups in total. The average Bonchev–Trinajstić information content (AvgIpc) is 2.94. The second-order valence-electron chi connectivity index (χ2n) is 5.48. The number of methoxy groups -OCH3 is 1. The lowest BCUT2D eigenvalue weighted by atomic mass is 10.2. The molecule has 2 aromatic rings. The summed E-state index contributed by atoms with van der Waals surface area (Å²) in [4.78, 5) is 25.3. The molecule has 1 heterocycles. The van der Waals surface area contributed by atoms with Crippen LogP contribution in [0.2, 0.25) is 5.02 Å². The van der Waals surface area contributed by atoms with Crippen molar-refractivity contribution in [1.82, 2.24) is 4.90 Å². The molecule has 0 aliphatic heterocycles. The van der Waals surface area contributed by atoms with Gasteiger partial charge in [0.25, 0.3) is 0 Å². The fraction of sp³-hybridized carbons (Fsp3) is 0.333. The third-order valence-electron chi connectivity index (χ3n) is 3.57. The van der Waals surface area contributed by atoms with Crippen LogP contribution < -0.4 is 4.74 Å². The van der Waals surface area contributed by atoms with Gasteiger partial charge in [-0.15, -0.1) is 0 Å². The van der Waals surface area contributed by atoms with E-state index in [2.05, 4.69) is 4.74 Å². The molecule has 0 saturated carbocycles. The van der Waals surface area contributed by atoms with E-state index in [4.69, 9.17) is 20.8 Å². The van der Waals surface area contributed by atoms with Crippen LogP contribution in [0.25, 0.3) is 0 Å². The van der Waals surface area contributed by atoms with Crippen molar-refractivity contribution in [3.05, 3.63) is 52.4 Å². The number of hydrogen-bond donors (Lipinski definition) is 0. The number of hydrogen-bond acceptors (Lipinski definition) is 5. The molecule has 0 saturated heterocycles. The number of carbonyl (C=O) groups excluding carboxylic acids is 2. The first kappa shape index (κ1) is 18.9. The maximum Gasteiger partial charge on any atom is 0.341 e. The summed E-state index contributed by atoms with van der Waals surface area (Å²) in [7, 11) is 2.97. The average molecular weight is 366 g/mol. The number of esters is 1. The molecular weight excluding hydrogens is 346 g/mol. The number of furan rings is 1. The predicted molar refractivity (Wildman–Crippen MR) is 92.8 cm³/mol. The van der Waals surface area contributed by atoms with Gasteiger partial charge in [-0.2, -0.15) is 0 Å². The van der Waals surface area contributed by atoms with Crippen molar-refractivity contribution in [1.29, 1.82) is 0 Å². The van der Waals surface area contributed by atoms with E-state index in [1.807, 2.05) is 0 Å². The number of halogens is 1. The van der Waals surface area contributed by atoms with Gasteiger partial charge in [0.15, 0.2) is 0 Å². The number of nitrogens with zero attached hydrogens (tertiary/aromatic N) is 1. The summed E-state index contributed by atoms with van der Waals surface area (Å²) in [5.41, 5.74) is 0.364. The van der Waals surface area contributed by atoms with E-state index in [1.165, 1.54) is 12.0 Å². The van der Waals surface area contributed by atoms with Crippen LogP contribution in [0.4, 0.5) is 0 Å². The van der Waals surface area contributed by atoms with Crippen LogP contribution in [0, 0.1) is 6.92 Å². The quantitative estimate of drug-likeness (QED) is 0.703. The molecule has 7 heteroatoms. The van der Waals surface area contributed by atoms with Crippen molar-refractivity contribution in [2.45, 2.75) is 19.9 Å². The summed E-state index contributed by atoms with van der Waals surface area (Å²) in [6.45, 7) is 2.18. The normalized spacial score (nSPS) is 10.4. The second kappa shape index (κ2) is 8.58. The highest BCUT2D eigenvalue weighted by Crippen LogP contribution is 2.18. The van der Waals surface area contributed by atoms with Gasteiger partial charge in [-0.1, -0.05) is 17.7 Å². The Kier molecular flexibility index (Phi) is 6.47. The van der Waals surface area contributed by atoms with E-state index in [9.17, 15) is 9.59 Å². The van der Waals surface area contributed by atoms with Gasteiger partial charge in [0.2, 0.25) is 5.91 Å². The molecular formula is C18H20ClNO5. The van der Waals surface area contributed by atoms with E-state index < -0.39 is 5.97 Å². The van der Waals surface area contributed by atoms with Crippen LogP contribution in [0.5, 0.6) is 5.75 Å². The molecule has 0 spiro atoms. The molecule has 1 aromatic heterocycles. The first-order chi connectivity index (χ1) is 11.9. The van der Waals surface area contributed by atoms with Crippen LogP contribution in [-0.4, -0.2) is 37.5 Å². The molecule has 134 valence electrons. The molecule has 0 radical (unpaired) electrons. The van der Waals surface area contributed by atoms with Crippen LogP contribution in [-0.2, 0) is 16.1 Å². The van der Waals surface area contributed by atoms with E-state index in [-0.39, 0.29) is 25.5 Å². The first-order valence-corrected chi connectivity index (χ1v) is 8.08. The summed E-state index contributed by atoms with van der Waals surface area (Å²) in [5.74, 6) is 1.04. The van der Waals surface area contributed by atoms with Gasteiger partial charge < -0.3 is 18.8 Å². The molecule has 0 fully saturated rings. The summed E-state index contributed by atoms with van der Waals surface area (Å²) in [5, 5.41) is 0.579. The molecule has 6 nitrogen and oxygen atoms in total. The number of carbonyl (C=O) groups is 2. The van der Waals surface area contributed by atoms with Crippen molar-refractivity contribution in [3.8, 4) is 5.75 Å². The monoisotopic (exact) mass is 365 g/mol. The fourth-order valence-electron chi connectivity index (χ4n) is 2.26. The van der Waals surface area contributed by atoms with E-state index in [1.54, 1.807) is 44.3 Å². The lowest BCUT2D eigenvalue weighted by Gasteiger charge is -2.16. The molecule has 0 bridgehead atoms. The van der Waals surface area contributed by atoms with Gasteiger partial charge in [0.05, 0.1) is 26.7 Å². The largest absolute Gasteiger partial charge is 0.493 e. The maximum absolute atomic E-state index is 12.2. The van der Waals surface area contributed by atoms with Crippen molar-refractivity contribution in [2.75, 3.05) is 20.8 Å². The summed E-state index contributed by atoms with van der Waals surface area (Å²) >= 11 is 5.88. The van der Waals surface area contributed by atoms with Gasteiger partial charge in [0, 0.05) is 12.1 Å². The first-order valence-electron chi connectivity index (χ1n) is 7.70. The highest BCUT2D eigenvalue weighted by molar-refractivity contribution is 6.30. The molecule has 1 amide bonds. The van der Waals surface area contributed by atoms with Crippen molar-refractivity contribution < 1.29 is 23.5 Å². The molecule has 1 aromatic carbocycles. The summed E-state index contributed by atoms with van der Waals surface area (Å²) in [6, 6.07) is 8.59. The SMILES string of the molecule is COC(=O)c1cc(CN(C)C(=O)CCOc2cccc(Cl)c2)oc1C. The Hall–Kier alpha value is -2.47. The van der Waals surface area contributed by atoms with Crippen LogP contribution in [0.15, 0.2) is 34.7 Å². The second-order valence-corrected chi connectivity index (χ2v) is 5.92. The molecule has 0 aliphatic rings. The van der Waals surface area contributed by atoms with Gasteiger partial charge in [0.1, 0.15) is 22.8 Å². The van der Waals surface area contributed by atoms with Crippen LogP contribution in [0.3, 0.4) is 0 Å². The number of aryl methyl sites for hydroxylation is 1. The Labute approximate surface area is 151 Å². The smallest absolute Gasteiger partial charge is 0.341 e. The minimum Gasteiger partial charge on any atom is -0.493 e. The third-order valence-corrected chi connectivity index (χ3v) is 3.81. The Morgan fingerprint density at radius 2 is 2.04 bits per heavy atom. The highest BCUT2D eigenvalue weighted by Gasteiger charge is 2.18.